The highest BCUT2D eigenvalue weighted by molar-refractivity contribution is 7.89. The van der Waals surface area contributed by atoms with Gasteiger partial charge in [0, 0.05) is 20.2 Å². The van der Waals surface area contributed by atoms with Crippen LogP contribution in [0.3, 0.4) is 0 Å². The van der Waals surface area contributed by atoms with Crippen LogP contribution in [0.15, 0.2) is 59.5 Å². The number of carboxylic acids is 1. The van der Waals surface area contributed by atoms with Crippen LogP contribution in [-0.4, -0.2) is 44.0 Å². The molecule has 27 heavy (non-hydrogen) atoms. The molecule has 7 heteroatoms. The van der Waals surface area contributed by atoms with E-state index in [1.807, 2.05) is 30.3 Å². The van der Waals surface area contributed by atoms with Crippen molar-refractivity contribution < 1.29 is 23.1 Å². The molecule has 144 valence electrons. The van der Waals surface area contributed by atoms with E-state index in [4.69, 9.17) is 9.84 Å². The van der Waals surface area contributed by atoms with Gasteiger partial charge in [0.05, 0.1) is 16.9 Å². The van der Waals surface area contributed by atoms with Crippen molar-refractivity contribution in [1.29, 1.82) is 0 Å². The molecule has 0 atom stereocenters. The third-order valence-corrected chi connectivity index (χ3v) is 7.01. The van der Waals surface area contributed by atoms with E-state index in [0.717, 1.165) is 5.56 Å². The number of ether oxygens (including phenoxy) is 1. The Kier molecular flexibility index (Phi) is 5.64. The summed E-state index contributed by atoms with van der Waals surface area (Å²) in [5, 5.41) is 8.93. The molecule has 0 radical (unpaired) electrons. The summed E-state index contributed by atoms with van der Waals surface area (Å²) < 4.78 is 33.3. The van der Waals surface area contributed by atoms with Crippen LogP contribution in [0.2, 0.25) is 0 Å². The van der Waals surface area contributed by atoms with Gasteiger partial charge in [-0.3, -0.25) is 4.79 Å². The molecule has 2 aromatic carbocycles. The lowest BCUT2D eigenvalue weighted by atomic mass is 9.85. The smallest absolute Gasteiger partial charge is 0.307 e. The maximum Gasteiger partial charge on any atom is 0.307 e. The number of sulfonamides is 1. The molecule has 2 aromatic rings. The lowest BCUT2D eigenvalue weighted by Crippen LogP contribution is -2.46. The summed E-state index contributed by atoms with van der Waals surface area (Å²) in [6.07, 6.45) is 0.910. The Labute approximate surface area is 159 Å². The summed E-state index contributed by atoms with van der Waals surface area (Å²) in [7, 11) is -2.02. The number of piperidine rings is 1. The number of rotatable bonds is 6. The highest BCUT2D eigenvalue weighted by Crippen LogP contribution is 2.37. The fourth-order valence-corrected chi connectivity index (χ4v) is 5.09. The largest absolute Gasteiger partial charge is 0.481 e. The van der Waals surface area contributed by atoms with Crippen molar-refractivity contribution in [3.8, 4) is 0 Å². The number of carboxylic acid groups (broad SMARTS) is 1. The van der Waals surface area contributed by atoms with E-state index in [1.54, 1.807) is 19.2 Å². The molecule has 0 spiro atoms. The van der Waals surface area contributed by atoms with Crippen LogP contribution < -0.4 is 0 Å². The van der Waals surface area contributed by atoms with Crippen molar-refractivity contribution in [2.24, 2.45) is 0 Å². The van der Waals surface area contributed by atoms with Crippen molar-refractivity contribution >= 4 is 16.0 Å². The van der Waals surface area contributed by atoms with E-state index >= 15 is 0 Å². The van der Waals surface area contributed by atoms with E-state index in [-0.39, 0.29) is 11.3 Å². The van der Waals surface area contributed by atoms with Crippen molar-refractivity contribution in [2.45, 2.75) is 29.8 Å². The maximum absolute atomic E-state index is 13.0. The Morgan fingerprint density at radius 2 is 1.78 bits per heavy atom. The summed E-state index contributed by atoms with van der Waals surface area (Å²) >= 11 is 0. The molecular weight excluding hydrogens is 366 g/mol. The molecule has 0 bridgehead atoms. The van der Waals surface area contributed by atoms with Gasteiger partial charge in [0.25, 0.3) is 0 Å². The molecular formula is C20H23NO5S. The zero-order valence-corrected chi connectivity index (χ0v) is 16.0. The van der Waals surface area contributed by atoms with Gasteiger partial charge in [-0.2, -0.15) is 4.31 Å². The molecule has 1 fully saturated rings. The number of hydrogen-bond acceptors (Lipinski definition) is 4. The number of nitrogens with zero attached hydrogens (tertiary/aromatic N) is 1. The zero-order chi connectivity index (χ0) is 19.5. The summed E-state index contributed by atoms with van der Waals surface area (Å²) in [5.41, 5.74) is 1.03. The van der Waals surface area contributed by atoms with E-state index in [9.17, 15) is 13.2 Å². The first-order valence-electron chi connectivity index (χ1n) is 8.79. The van der Waals surface area contributed by atoms with Gasteiger partial charge < -0.3 is 9.84 Å². The summed E-state index contributed by atoms with van der Waals surface area (Å²) in [6.45, 7) is 0.683. The van der Waals surface area contributed by atoms with E-state index in [0.29, 0.717) is 31.5 Å². The van der Waals surface area contributed by atoms with Crippen LogP contribution in [0.1, 0.15) is 24.0 Å². The second-order valence-corrected chi connectivity index (χ2v) is 8.62. The van der Waals surface area contributed by atoms with Gasteiger partial charge in [-0.05, 0) is 36.1 Å². The van der Waals surface area contributed by atoms with E-state index < -0.39 is 21.6 Å². The molecule has 6 nitrogen and oxygen atoms in total. The minimum atomic E-state index is -3.68. The summed E-state index contributed by atoms with van der Waals surface area (Å²) in [4.78, 5) is 11.0. The van der Waals surface area contributed by atoms with Crippen LogP contribution in [0, 0.1) is 0 Å². The van der Waals surface area contributed by atoms with Gasteiger partial charge in [0.15, 0.2) is 0 Å². The number of hydrogen-bond donors (Lipinski definition) is 1. The van der Waals surface area contributed by atoms with Gasteiger partial charge in [0.2, 0.25) is 10.0 Å². The third kappa shape index (κ3) is 4.05. The van der Waals surface area contributed by atoms with Crippen LogP contribution >= 0.6 is 0 Å². The number of carbonyl (C=O) groups is 1. The predicted octanol–water partition coefficient (Wildman–Crippen LogP) is 2.64. The van der Waals surface area contributed by atoms with Crippen molar-refractivity contribution in [3.05, 3.63) is 65.7 Å². The zero-order valence-electron chi connectivity index (χ0n) is 15.2. The second-order valence-electron chi connectivity index (χ2n) is 6.69. The minimum Gasteiger partial charge on any atom is -0.481 e. The number of aliphatic carboxylic acids is 1. The lowest BCUT2D eigenvalue weighted by molar-refractivity contribution is -0.136. The maximum atomic E-state index is 13.0. The molecule has 0 unspecified atom stereocenters. The Morgan fingerprint density at radius 1 is 1.11 bits per heavy atom. The summed E-state index contributed by atoms with van der Waals surface area (Å²) in [6, 6.07) is 16.0. The molecule has 1 N–H and O–H groups in total. The monoisotopic (exact) mass is 389 g/mol. The highest BCUT2D eigenvalue weighted by atomic mass is 32.2. The van der Waals surface area contributed by atoms with Gasteiger partial charge in [-0.1, -0.05) is 42.5 Å². The number of methoxy groups -OCH3 is 1. The van der Waals surface area contributed by atoms with Crippen LogP contribution in [0.25, 0.3) is 0 Å². The van der Waals surface area contributed by atoms with Gasteiger partial charge in [-0.25, -0.2) is 8.42 Å². The SMILES string of the molecule is COC1(c2ccccc2)CCN(S(=O)(=O)c2cccc(CC(=O)O)c2)CC1. The quantitative estimate of drug-likeness (QED) is 0.821. The Hall–Kier alpha value is -2.22. The molecule has 0 aliphatic carbocycles. The van der Waals surface area contributed by atoms with Gasteiger partial charge >= 0.3 is 5.97 Å². The normalized spacial score (nSPS) is 17.5. The average Bonchev–Trinajstić information content (AvgIpc) is 2.68. The molecule has 1 heterocycles. The van der Waals surface area contributed by atoms with Gasteiger partial charge in [-0.15, -0.1) is 0 Å². The molecule has 1 saturated heterocycles. The fraction of sp³-hybridized carbons (Fsp3) is 0.350. The van der Waals surface area contributed by atoms with Crippen molar-refractivity contribution in [3.63, 3.8) is 0 Å². The van der Waals surface area contributed by atoms with Crippen molar-refractivity contribution in [2.75, 3.05) is 20.2 Å². The first kappa shape index (κ1) is 19.5. The molecule has 3 rings (SSSR count). The minimum absolute atomic E-state index is 0.130. The second kappa shape index (κ2) is 7.80. The standard InChI is InChI=1S/C20H23NO5S/c1-26-20(17-7-3-2-4-8-17)10-12-21(13-11-20)27(24,25)18-9-5-6-16(14-18)15-19(22)23/h2-9,14H,10-13,15H2,1H3,(H,22,23). The Balaban J connectivity index is 1.80. The lowest BCUT2D eigenvalue weighted by Gasteiger charge is -2.40. The molecule has 0 amide bonds. The first-order chi connectivity index (χ1) is 12.9. The van der Waals surface area contributed by atoms with Crippen LogP contribution in [0.5, 0.6) is 0 Å². The average molecular weight is 389 g/mol. The van der Waals surface area contributed by atoms with Crippen LogP contribution in [-0.2, 0) is 31.6 Å². The topological polar surface area (TPSA) is 83.9 Å². The van der Waals surface area contributed by atoms with Crippen molar-refractivity contribution in [1.82, 2.24) is 4.31 Å². The molecule has 0 aromatic heterocycles. The third-order valence-electron chi connectivity index (χ3n) is 5.11. The predicted molar refractivity (Wildman–Crippen MR) is 101 cm³/mol. The van der Waals surface area contributed by atoms with E-state index in [1.165, 1.54) is 16.4 Å². The van der Waals surface area contributed by atoms with Gasteiger partial charge in [0.1, 0.15) is 0 Å². The number of benzene rings is 2. The Bertz CT molecular complexity index is 903. The molecule has 0 saturated carbocycles. The first-order valence-corrected chi connectivity index (χ1v) is 10.2. The molecule has 1 aliphatic heterocycles. The Morgan fingerprint density at radius 3 is 2.37 bits per heavy atom. The highest BCUT2D eigenvalue weighted by Gasteiger charge is 2.39. The van der Waals surface area contributed by atoms with E-state index in [2.05, 4.69) is 0 Å². The fourth-order valence-electron chi connectivity index (χ4n) is 3.58. The summed E-state index contributed by atoms with van der Waals surface area (Å²) in [5.74, 6) is -0.991. The van der Waals surface area contributed by atoms with Crippen LogP contribution in [0.4, 0.5) is 0 Å². The molecule has 1 aliphatic rings.